The second-order valence-corrected chi connectivity index (χ2v) is 5.36. The number of thiophene rings is 1. The molecule has 0 bridgehead atoms. The van der Waals surface area contributed by atoms with E-state index in [4.69, 9.17) is 4.74 Å². The van der Waals surface area contributed by atoms with E-state index in [1.54, 1.807) is 13.8 Å². The number of esters is 1. The predicted octanol–water partition coefficient (Wildman–Crippen LogP) is 2.46. The van der Waals surface area contributed by atoms with E-state index in [-0.39, 0.29) is 18.8 Å². The number of nitrogens with one attached hydrogen (secondary N) is 1. The highest BCUT2D eigenvalue weighted by Crippen LogP contribution is 2.33. The predicted molar refractivity (Wildman–Crippen MR) is 73.7 cm³/mol. The molecule has 0 unspecified atom stereocenters. The Morgan fingerprint density at radius 1 is 1.26 bits per heavy atom. The van der Waals surface area contributed by atoms with Crippen molar-refractivity contribution < 1.29 is 19.1 Å². The largest absolute Gasteiger partial charge is 0.462 e. The summed E-state index contributed by atoms with van der Waals surface area (Å²) in [7, 11) is 0. The van der Waals surface area contributed by atoms with Crippen LogP contribution in [0, 0.1) is 13.8 Å². The molecule has 0 aliphatic rings. The van der Waals surface area contributed by atoms with Gasteiger partial charge in [-0.05, 0) is 33.3 Å². The standard InChI is InChI=1S/C13H17NO4S/c1-5-18-13(17)11-8(3)9(4)19-12(11)14-10(16)6-7(2)15/h5-6H2,1-4H3,(H,14,16). The number of amides is 1. The molecular weight excluding hydrogens is 266 g/mol. The zero-order chi connectivity index (χ0) is 14.6. The molecule has 0 atom stereocenters. The third-order valence-electron chi connectivity index (χ3n) is 2.53. The second-order valence-electron chi connectivity index (χ2n) is 4.13. The number of Topliss-reactive ketones (excluding diaryl/α,β-unsaturated/α-hetero) is 1. The smallest absolute Gasteiger partial charge is 0.341 e. The maximum atomic E-state index is 11.9. The van der Waals surface area contributed by atoms with E-state index in [0.717, 1.165) is 10.4 Å². The van der Waals surface area contributed by atoms with Gasteiger partial charge in [0.1, 0.15) is 10.8 Å². The first-order chi connectivity index (χ1) is 8.86. The van der Waals surface area contributed by atoms with Gasteiger partial charge in [-0.25, -0.2) is 4.79 Å². The molecule has 0 radical (unpaired) electrons. The summed E-state index contributed by atoms with van der Waals surface area (Å²) >= 11 is 1.31. The van der Waals surface area contributed by atoms with Crippen molar-refractivity contribution in [3.05, 3.63) is 16.0 Å². The first-order valence-corrected chi connectivity index (χ1v) is 6.74. The minimum absolute atomic E-state index is 0.196. The van der Waals surface area contributed by atoms with Crippen LogP contribution in [0.2, 0.25) is 0 Å². The SMILES string of the molecule is CCOC(=O)c1c(NC(=O)CC(C)=O)sc(C)c1C. The van der Waals surface area contributed by atoms with Crippen molar-refractivity contribution in [1.82, 2.24) is 0 Å². The molecule has 1 heterocycles. The number of rotatable bonds is 5. The van der Waals surface area contributed by atoms with Gasteiger partial charge < -0.3 is 10.1 Å². The molecule has 1 N–H and O–H groups in total. The highest BCUT2D eigenvalue weighted by molar-refractivity contribution is 7.16. The van der Waals surface area contributed by atoms with Crippen LogP contribution in [0.1, 0.15) is 41.1 Å². The quantitative estimate of drug-likeness (QED) is 0.665. The van der Waals surface area contributed by atoms with Gasteiger partial charge >= 0.3 is 5.97 Å². The molecule has 0 fully saturated rings. The molecule has 0 aliphatic heterocycles. The van der Waals surface area contributed by atoms with Gasteiger partial charge in [-0.3, -0.25) is 9.59 Å². The van der Waals surface area contributed by atoms with Crippen LogP contribution < -0.4 is 5.32 Å². The molecule has 0 saturated heterocycles. The van der Waals surface area contributed by atoms with E-state index < -0.39 is 11.9 Å². The molecule has 0 spiro atoms. The Hall–Kier alpha value is -1.69. The number of ether oxygens (including phenoxy) is 1. The average Bonchev–Trinajstić information content (AvgIpc) is 2.53. The number of hydrogen-bond acceptors (Lipinski definition) is 5. The molecule has 1 aromatic heterocycles. The van der Waals surface area contributed by atoms with Crippen LogP contribution in [-0.4, -0.2) is 24.3 Å². The molecule has 0 aliphatic carbocycles. The topological polar surface area (TPSA) is 72.5 Å². The summed E-state index contributed by atoms with van der Waals surface area (Å²) in [4.78, 5) is 35.3. The Kier molecular flexibility index (Phi) is 5.23. The molecule has 1 amide bonds. The van der Waals surface area contributed by atoms with Gasteiger partial charge in [0, 0.05) is 4.88 Å². The van der Waals surface area contributed by atoms with Gasteiger partial charge in [0.05, 0.1) is 18.6 Å². The van der Waals surface area contributed by atoms with E-state index in [1.807, 2.05) is 6.92 Å². The summed E-state index contributed by atoms with van der Waals surface area (Å²) in [5.74, 6) is -1.10. The third kappa shape index (κ3) is 3.89. The monoisotopic (exact) mass is 283 g/mol. The summed E-state index contributed by atoms with van der Waals surface area (Å²) in [6.45, 7) is 7.01. The molecular formula is C13H17NO4S. The van der Waals surface area contributed by atoms with E-state index >= 15 is 0 Å². The molecule has 6 heteroatoms. The zero-order valence-corrected chi connectivity index (χ0v) is 12.3. The summed E-state index contributed by atoms with van der Waals surface area (Å²) < 4.78 is 4.97. The van der Waals surface area contributed by atoms with Crippen molar-refractivity contribution in [1.29, 1.82) is 0 Å². The molecule has 19 heavy (non-hydrogen) atoms. The van der Waals surface area contributed by atoms with Crippen LogP contribution >= 0.6 is 11.3 Å². The van der Waals surface area contributed by atoms with E-state index in [9.17, 15) is 14.4 Å². The van der Waals surface area contributed by atoms with Crippen molar-refractivity contribution in [2.45, 2.75) is 34.1 Å². The minimum Gasteiger partial charge on any atom is -0.462 e. The highest BCUT2D eigenvalue weighted by atomic mass is 32.1. The van der Waals surface area contributed by atoms with Gasteiger partial charge in [-0.2, -0.15) is 0 Å². The summed E-state index contributed by atoms with van der Waals surface area (Å²) in [5.41, 5.74) is 1.17. The van der Waals surface area contributed by atoms with Crippen LogP contribution in [-0.2, 0) is 14.3 Å². The molecule has 1 aromatic rings. The van der Waals surface area contributed by atoms with Crippen molar-refractivity contribution in [2.75, 3.05) is 11.9 Å². The van der Waals surface area contributed by atoms with Gasteiger partial charge in [0.25, 0.3) is 0 Å². The lowest BCUT2D eigenvalue weighted by molar-refractivity contribution is -0.124. The van der Waals surface area contributed by atoms with Crippen molar-refractivity contribution in [3.8, 4) is 0 Å². The van der Waals surface area contributed by atoms with Gasteiger partial charge in [0.15, 0.2) is 0 Å². The van der Waals surface area contributed by atoms with Crippen LogP contribution in [0.3, 0.4) is 0 Å². The number of carbonyl (C=O) groups excluding carboxylic acids is 3. The summed E-state index contributed by atoms with van der Waals surface area (Å²) in [5, 5.41) is 3.04. The maximum absolute atomic E-state index is 11.9. The van der Waals surface area contributed by atoms with Crippen molar-refractivity contribution in [3.63, 3.8) is 0 Å². The number of aryl methyl sites for hydroxylation is 1. The Morgan fingerprint density at radius 3 is 2.42 bits per heavy atom. The first-order valence-electron chi connectivity index (χ1n) is 5.93. The van der Waals surface area contributed by atoms with Crippen molar-refractivity contribution in [2.24, 2.45) is 0 Å². The minimum atomic E-state index is -0.456. The Bertz CT molecular complexity index is 519. The molecule has 0 aromatic carbocycles. The van der Waals surface area contributed by atoms with Crippen LogP contribution in [0.25, 0.3) is 0 Å². The van der Waals surface area contributed by atoms with Gasteiger partial charge in [0.2, 0.25) is 5.91 Å². The molecule has 1 rings (SSSR count). The fraction of sp³-hybridized carbons (Fsp3) is 0.462. The number of ketones is 1. The summed E-state index contributed by atoms with van der Waals surface area (Å²) in [6.07, 6.45) is -0.196. The van der Waals surface area contributed by atoms with E-state index in [1.165, 1.54) is 18.3 Å². The third-order valence-corrected chi connectivity index (χ3v) is 3.65. The highest BCUT2D eigenvalue weighted by Gasteiger charge is 2.22. The fourth-order valence-corrected chi connectivity index (χ4v) is 2.63. The Labute approximate surface area is 116 Å². The van der Waals surface area contributed by atoms with Crippen LogP contribution in [0.4, 0.5) is 5.00 Å². The normalized spacial score (nSPS) is 10.1. The molecule has 5 nitrogen and oxygen atoms in total. The number of anilines is 1. The van der Waals surface area contributed by atoms with Crippen LogP contribution in [0.5, 0.6) is 0 Å². The van der Waals surface area contributed by atoms with E-state index in [0.29, 0.717) is 10.6 Å². The van der Waals surface area contributed by atoms with Crippen LogP contribution in [0.15, 0.2) is 0 Å². The fourth-order valence-electron chi connectivity index (χ4n) is 1.56. The Balaban J connectivity index is 3.00. The maximum Gasteiger partial charge on any atom is 0.341 e. The Morgan fingerprint density at radius 2 is 1.89 bits per heavy atom. The lowest BCUT2D eigenvalue weighted by Crippen LogP contribution is -2.16. The zero-order valence-electron chi connectivity index (χ0n) is 11.5. The average molecular weight is 283 g/mol. The van der Waals surface area contributed by atoms with Gasteiger partial charge in [-0.15, -0.1) is 11.3 Å². The number of hydrogen-bond donors (Lipinski definition) is 1. The van der Waals surface area contributed by atoms with Crippen molar-refractivity contribution >= 4 is 34.0 Å². The molecule has 104 valence electrons. The van der Waals surface area contributed by atoms with E-state index in [2.05, 4.69) is 5.32 Å². The number of carbonyl (C=O) groups is 3. The first kappa shape index (κ1) is 15.4. The molecule has 0 saturated carbocycles. The summed E-state index contributed by atoms with van der Waals surface area (Å²) in [6, 6.07) is 0. The lowest BCUT2D eigenvalue weighted by atomic mass is 10.1. The lowest BCUT2D eigenvalue weighted by Gasteiger charge is -2.06. The second kappa shape index (κ2) is 6.47. The van der Waals surface area contributed by atoms with Gasteiger partial charge in [-0.1, -0.05) is 0 Å².